The van der Waals surface area contributed by atoms with E-state index in [1.165, 1.54) is 23.5 Å². The molecule has 3 heterocycles. The summed E-state index contributed by atoms with van der Waals surface area (Å²) in [5.41, 5.74) is 0.0300. The van der Waals surface area contributed by atoms with E-state index in [9.17, 15) is 14.9 Å². The molecule has 1 aromatic carbocycles. The SMILES string of the molecule is Cn1ccnc1C1CNCCN1C(=O)c1cc2cc([N+](=O)[O-])ccc2s1. The molecule has 1 unspecified atom stereocenters. The number of non-ortho nitro benzene ring substituents is 1. The Morgan fingerprint density at radius 1 is 1.42 bits per heavy atom. The number of rotatable bonds is 3. The van der Waals surface area contributed by atoms with Crippen molar-refractivity contribution >= 4 is 33.0 Å². The number of carbonyl (C=O) groups excluding carboxylic acids is 1. The van der Waals surface area contributed by atoms with Crippen LogP contribution in [-0.4, -0.2) is 44.9 Å². The largest absolute Gasteiger partial charge is 0.336 e. The van der Waals surface area contributed by atoms with Crippen molar-refractivity contribution in [2.45, 2.75) is 6.04 Å². The minimum absolute atomic E-state index is 0.0300. The minimum Gasteiger partial charge on any atom is -0.336 e. The number of thiophene rings is 1. The first kappa shape index (κ1) is 16.7. The van der Waals surface area contributed by atoms with Gasteiger partial charge < -0.3 is 14.8 Å². The zero-order valence-electron chi connectivity index (χ0n) is 14.1. The number of piperazine rings is 1. The van der Waals surface area contributed by atoms with Crippen molar-refractivity contribution < 1.29 is 9.72 Å². The zero-order chi connectivity index (χ0) is 18.3. The molecular formula is C17H17N5O3S. The fourth-order valence-electron chi connectivity index (χ4n) is 3.27. The van der Waals surface area contributed by atoms with Gasteiger partial charge in [0.25, 0.3) is 11.6 Å². The van der Waals surface area contributed by atoms with Gasteiger partial charge in [-0.2, -0.15) is 0 Å². The van der Waals surface area contributed by atoms with Gasteiger partial charge >= 0.3 is 0 Å². The molecule has 2 aromatic heterocycles. The Hall–Kier alpha value is -2.78. The highest BCUT2D eigenvalue weighted by Crippen LogP contribution is 2.31. The maximum atomic E-state index is 13.1. The van der Waals surface area contributed by atoms with Crippen LogP contribution in [-0.2, 0) is 7.05 Å². The molecule has 0 bridgehead atoms. The second-order valence-corrected chi connectivity index (χ2v) is 7.29. The molecule has 1 amide bonds. The molecule has 134 valence electrons. The molecule has 1 saturated heterocycles. The quantitative estimate of drug-likeness (QED) is 0.563. The number of nitrogens with one attached hydrogen (secondary N) is 1. The number of fused-ring (bicyclic) bond motifs is 1. The molecule has 0 saturated carbocycles. The topological polar surface area (TPSA) is 93.3 Å². The van der Waals surface area contributed by atoms with Gasteiger partial charge in [0.1, 0.15) is 11.9 Å². The third-order valence-corrected chi connectivity index (χ3v) is 5.69. The molecule has 0 spiro atoms. The number of hydrogen-bond donors (Lipinski definition) is 1. The number of hydrogen-bond acceptors (Lipinski definition) is 6. The first-order chi connectivity index (χ1) is 12.5. The van der Waals surface area contributed by atoms with Crippen LogP contribution in [0.1, 0.15) is 21.5 Å². The summed E-state index contributed by atoms with van der Waals surface area (Å²) in [4.78, 5) is 30.5. The molecule has 26 heavy (non-hydrogen) atoms. The van der Waals surface area contributed by atoms with Gasteiger partial charge in [-0.15, -0.1) is 11.3 Å². The zero-order valence-corrected chi connectivity index (χ0v) is 14.9. The average Bonchev–Trinajstić information content (AvgIpc) is 3.26. The maximum absolute atomic E-state index is 13.1. The molecule has 1 fully saturated rings. The van der Waals surface area contributed by atoms with Crippen LogP contribution in [0.3, 0.4) is 0 Å². The molecule has 3 aromatic rings. The minimum atomic E-state index is -0.425. The number of imidazole rings is 1. The van der Waals surface area contributed by atoms with E-state index in [0.29, 0.717) is 18.0 Å². The van der Waals surface area contributed by atoms with Gasteiger partial charge in [-0.05, 0) is 12.1 Å². The van der Waals surface area contributed by atoms with Gasteiger partial charge in [0.05, 0.1) is 9.80 Å². The third-order valence-electron chi connectivity index (χ3n) is 4.58. The highest BCUT2D eigenvalue weighted by molar-refractivity contribution is 7.20. The fraction of sp³-hybridized carbons (Fsp3) is 0.294. The monoisotopic (exact) mass is 371 g/mol. The number of benzene rings is 1. The molecule has 9 heteroatoms. The van der Waals surface area contributed by atoms with E-state index in [0.717, 1.165) is 22.5 Å². The van der Waals surface area contributed by atoms with Crippen LogP contribution < -0.4 is 5.32 Å². The lowest BCUT2D eigenvalue weighted by Crippen LogP contribution is -2.49. The van der Waals surface area contributed by atoms with Gasteiger partial charge in [-0.1, -0.05) is 0 Å². The van der Waals surface area contributed by atoms with Gasteiger partial charge in [0.15, 0.2) is 0 Å². The number of aryl methyl sites for hydroxylation is 1. The van der Waals surface area contributed by atoms with Gasteiger partial charge in [0.2, 0.25) is 0 Å². The second kappa shape index (κ2) is 6.50. The predicted octanol–water partition coefficient (Wildman–Crippen LogP) is 2.33. The summed E-state index contributed by atoms with van der Waals surface area (Å²) in [6.07, 6.45) is 3.59. The number of nitrogens with zero attached hydrogens (tertiary/aromatic N) is 4. The Morgan fingerprint density at radius 2 is 2.27 bits per heavy atom. The van der Waals surface area contributed by atoms with E-state index in [1.54, 1.807) is 18.3 Å². The molecule has 8 nitrogen and oxygen atoms in total. The molecule has 1 atom stereocenters. The Labute approximate surface area is 153 Å². The summed E-state index contributed by atoms with van der Waals surface area (Å²) in [6.45, 7) is 1.96. The second-order valence-electron chi connectivity index (χ2n) is 6.20. The molecule has 1 aliphatic heterocycles. The Bertz CT molecular complexity index is 995. The third kappa shape index (κ3) is 2.85. The fourth-order valence-corrected chi connectivity index (χ4v) is 4.27. The van der Waals surface area contributed by atoms with Crippen LogP contribution in [0.25, 0.3) is 10.1 Å². The first-order valence-electron chi connectivity index (χ1n) is 8.21. The van der Waals surface area contributed by atoms with Gasteiger partial charge in [0, 0.05) is 61.3 Å². The Morgan fingerprint density at radius 3 is 3.00 bits per heavy atom. The van der Waals surface area contributed by atoms with Crippen molar-refractivity contribution in [1.29, 1.82) is 0 Å². The van der Waals surface area contributed by atoms with E-state index in [4.69, 9.17) is 0 Å². The number of carbonyl (C=O) groups is 1. The summed E-state index contributed by atoms with van der Waals surface area (Å²) in [7, 11) is 1.91. The van der Waals surface area contributed by atoms with Crippen molar-refractivity contribution in [3.8, 4) is 0 Å². The lowest BCUT2D eigenvalue weighted by atomic mass is 10.1. The predicted molar refractivity (Wildman–Crippen MR) is 98.3 cm³/mol. The van der Waals surface area contributed by atoms with Crippen LogP contribution in [0.4, 0.5) is 5.69 Å². The summed E-state index contributed by atoms with van der Waals surface area (Å²) < 4.78 is 2.79. The highest BCUT2D eigenvalue weighted by Gasteiger charge is 2.31. The molecule has 4 rings (SSSR count). The molecule has 1 N–H and O–H groups in total. The van der Waals surface area contributed by atoms with E-state index in [1.807, 2.05) is 22.7 Å². The maximum Gasteiger partial charge on any atom is 0.270 e. The highest BCUT2D eigenvalue weighted by atomic mass is 32.1. The van der Waals surface area contributed by atoms with Crippen molar-refractivity contribution in [3.63, 3.8) is 0 Å². The number of nitro groups is 1. The Balaban J connectivity index is 1.68. The van der Waals surface area contributed by atoms with Crippen LogP contribution >= 0.6 is 11.3 Å². The molecule has 0 radical (unpaired) electrons. The van der Waals surface area contributed by atoms with Crippen LogP contribution in [0.15, 0.2) is 36.7 Å². The summed E-state index contributed by atoms with van der Waals surface area (Å²) in [5.74, 6) is 0.769. The first-order valence-corrected chi connectivity index (χ1v) is 9.03. The number of nitro benzene ring substituents is 1. The summed E-state index contributed by atoms with van der Waals surface area (Å²) >= 11 is 1.36. The smallest absolute Gasteiger partial charge is 0.270 e. The lowest BCUT2D eigenvalue weighted by molar-refractivity contribution is -0.384. The van der Waals surface area contributed by atoms with Crippen molar-refractivity contribution in [2.24, 2.45) is 7.05 Å². The lowest BCUT2D eigenvalue weighted by Gasteiger charge is -2.35. The number of amides is 1. The summed E-state index contributed by atoms with van der Waals surface area (Å²) in [5, 5.41) is 15.0. The van der Waals surface area contributed by atoms with E-state index in [2.05, 4.69) is 10.3 Å². The standard InChI is InChI=1S/C17H17N5O3S/c1-20-6-5-19-16(20)13-10-18-4-7-21(13)17(23)15-9-11-8-12(22(24)25)2-3-14(11)26-15/h2-3,5-6,8-9,13,18H,4,7,10H2,1H3. The van der Waals surface area contributed by atoms with Crippen molar-refractivity contribution in [3.05, 3.63) is 57.5 Å². The molecule has 0 aliphatic carbocycles. The molecule has 1 aliphatic rings. The normalized spacial score (nSPS) is 17.6. The number of aromatic nitrogens is 2. The van der Waals surface area contributed by atoms with Crippen LogP contribution in [0.2, 0.25) is 0 Å². The summed E-state index contributed by atoms with van der Waals surface area (Å²) in [6, 6.07) is 6.27. The van der Waals surface area contributed by atoms with Gasteiger partial charge in [-0.25, -0.2) is 4.98 Å². The Kier molecular flexibility index (Phi) is 4.17. The van der Waals surface area contributed by atoms with Crippen LogP contribution in [0.5, 0.6) is 0 Å². The van der Waals surface area contributed by atoms with Crippen LogP contribution in [0, 0.1) is 10.1 Å². The van der Waals surface area contributed by atoms with E-state index in [-0.39, 0.29) is 17.6 Å². The van der Waals surface area contributed by atoms with Crippen molar-refractivity contribution in [2.75, 3.05) is 19.6 Å². The molecular weight excluding hydrogens is 354 g/mol. The van der Waals surface area contributed by atoms with Crippen molar-refractivity contribution in [1.82, 2.24) is 19.8 Å². The van der Waals surface area contributed by atoms with Gasteiger partial charge in [-0.3, -0.25) is 14.9 Å². The van der Waals surface area contributed by atoms with E-state index < -0.39 is 4.92 Å². The average molecular weight is 371 g/mol. The van der Waals surface area contributed by atoms with E-state index >= 15 is 0 Å².